The summed E-state index contributed by atoms with van der Waals surface area (Å²) in [5.74, 6) is 1.99. The number of phenolic OH excluding ortho intramolecular Hbond substituents is 1. The molecule has 0 aliphatic carbocycles. The molecule has 2 heteroatoms. The first-order valence-electron chi connectivity index (χ1n) is 6.04. The molecular formula is C15H22O2. The largest absolute Gasteiger partial charge is 0.508 e. The Morgan fingerprint density at radius 2 is 1.71 bits per heavy atom. The molecule has 0 radical (unpaired) electrons. The molecule has 1 aromatic rings. The molecule has 1 rings (SSSR count). The van der Waals surface area contributed by atoms with Crippen molar-refractivity contribution in [3.05, 3.63) is 35.4 Å². The van der Waals surface area contributed by atoms with E-state index in [1.54, 1.807) is 19.2 Å². The van der Waals surface area contributed by atoms with E-state index >= 15 is 0 Å². The lowest BCUT2D eigenvalue weighted by Crippen LogP contribution is -2.07. The van der Waals surface area contributed by atoms with Crippen LogP contribution >= 0.6 is 0 Å². The van der Waals surface area contributed by atoms with Crippen molar-refractivity contribution in [3.8, 4) is 5.75 Å². The summed E-state index contributed by atoms with van der Waals surface area (Å²) in [6.45, 7) is 8.66. The monoisotopic (exact) mass is 234 g/mol. The Morgan fingerprint density at radius 3 is 2.12 bits per heavy atom. The number of ether oxygens (including phenoxy) is 1. The quantitative estimate of drug-likeness (QED) is 0.796. The van der Waals surface area contributed by atoms with E-state index < -0.39 is 0 Å². The second-order valence-electron chi connectivity index (χ2n) is 4.85. The summed E-state index contributed by atoms with van der Waals surface area (Å²) in [6.07, 6.45) is 0. The predicted molar refractivity (Wildman–Crippen MR) is 71.7 cm³/mol. The first-order chi connectivity index (χ1) is 7.97. The first kappa shape index (κ1) is 13.6. The Balaban J connectivity index is 3.33. The number of benzene rings is 1. The number of hydrogen-bond acceptors (Lipinski definition) is 2. The fourth-order valence-corrected chi connectivity index (χ4v) is 2.24. The highest BCUT2D eigenvalue weighted by Gasteiger charge is 2.17. The second kappa shape index (κ2) is 5.76. The maximum absolute atomic E-state index is 9.54. The predicted octanol–water partition coefficient (Wildman–Crippen LogP) is 4.06. The van der Waals surface area contributed by atoms with Gasteiger partial charge in [-0.15, -0.1) is 0 Å². The number of aromatic hydroxyl groups is 1. The van der Waals surface area contributed by atoms with Gasteiger partial charge in [0.2, 0.25) is 0 Å². The van der Waals surface area contributed by atoms with Crippen LogP contribution in [0.15, 0.2) is 29.8 Å². The zero-order valence-corrected chi connectivity index (χ0v) is 11.3. The Bertz CT molecular complexity index is 393. The minimum Gasteiger partial charge on any atom is -0.508 e. The normalized spacial score (nSPS) is 10.8. The molecular weight excluding hydrogens is 212 g/mol. The Kier molecular flexibility index (Phi) is 4.62. The molecule has 94 valence electrons. The molecule has 1 N–H and O–H groups in total. The second-order valence-corrected chi connectivity index (χ2v) is 4.85. The maximum atomic E-state index is 9.54. The third kappa shape index (κ3) is 3.26. The molecule has 0 unspecified atom stereocenters. The molecule has 1 aromatic carbocycles. The van der Waals surface area contributed by atoms with Gasteiger partial charge in [-0.3, -0.25) is 0 Å². The van der Waals surface area contributed by atoms with Gasteiger partial charge in [-0.25, -0.2) is 0 Å². The summed E-state index contributed by atoms with van der Waals surface area (Å²) in [5.41, 5.74) is 2.21. The highest BCUT2D eigenvalue weighted by molar-refractivity contribution is 5.65. The van der Waals surface area contributed by atoms with Gasteiger partial charge in [0.05, 0.1) is 7.11 Å². The lowest BCUT2D eigenvalue weighted by Gasteiger charge is -2.21. The van der Waals surface area contributed by atoms with Gasteiger partial charge in [-0.05, 0) is 29.5 Å². The number of rotatable bonds is 4. The van der Waals surface area contributed by atoms with Crippen LogP contribution in [0.3, 0.4) is 0 Å². The van der Waals surface area contributed by atoms with Crippen molar-refractivity contribution in [2.24, 2.45) is 11.8 Å². The highest BCUT2D eigenvalue weighted by Crippen LogP contribution is 2.31. The van der Waals surface area contributed by atoms with Crippen LogP contribution in [0.25, 0.3) is 5.76 Å². The van der Waals surface area contributed by atoms with Crippen LogP contribution in [0.5, 0.6) is 5.75 Å². The Hall–Kier alpha value is -1.44. The van der Waals surface area contributed by atoms with Gasteiger partial charge >= 0.3 is 0 Å². The van der Waals surface area contributed by atoms with Crippen LogP contribution in [0.4, 0.5) is 0 Å². The molecule has 2 nitrogen and oxygen atoms in total. The van der Waals surface area contributed by atoms with Gasteiger partial charge in [0.15, 0.2) is 0 Å². The summed E-state index contributed by atoms with van der Waals surface area (Å²) >= 11 is 0. The standard InChI is InChI=1S/C15H22O2/c1-10(2)14(11(3)4)15(17-5)12-7-6-8-13(16)9-12/h6-11,16H,1-5H3. The first-order valence-corrected chi connectivity index (χ1v) is 6.04. The van der Waals surface area contributed by atoms with Crippen LogP contribution < -0.4 is 0 Å². The molecule has 0 heterocycles. The topological polar surface area (TPSA) is 29.5 Å². The van der Waals surface area contributed by atoms with Crippen molar-refractivity contribution < 1.29 is 9.84 Å². The maximum Gasteiger partial charge on any atom is 0.125 e. The van der Waals surface area contributed by atoms with Crippen molar-refractivity contribution >= 4 is 5.76 Å². The van der Waals surface area contributed by atoms with Crippen LogP contribution in [0.1, 0.15) is 33.3 Å². The lowest BCUT2D eigenvalue weighted by molar-refractivity contribution is 0.357. The van der Waals surface area contributed by atoms with E-state index in [4.69, 9.17) is 4.74 Å². The van der Waals surface area contributed by atoms with Crippen molar-refractivity contribution in [2.45, 2.75) is 27.7 Å². The van der Waals surface area contributed by atoms with Gasteiger partial charge in [0, 0.05) is 5.56 Å². The van der Waals surface area contributed by atoms with Gasteiger partial charge in [0.1, 0.15) is 11.5 Å². The van der Waals surface area contributed by atoms with Crippen LogP contribution in [-0.4, -0.2) is 12.2 Å². The highest BCUT2D eigenvalue weighted by atomic mass is 16.5. The summed E-state index contributed by atoms with van der Waals surface area (Å²) in [6, 6.07) is 7.20. The Morgan fingerprint density at radius 1 is 1.12 bits per heavy atom. The molecule has 0 spiro atoms. The zero-order valence-electron chi connectivity index (χ0n) is 11.3. The summed E-state index contributed by atoms with van der Waals surface area (Å²) in [7, 11) is 1.68. The van der Waals surface area contributed by atoms with E-state index in [1.807, 2.05) is 12.1 Å². The molecule has 0 fully saturated rings. The molecule has 0 bridgehead atoms. The Labute approximate surface area is 104 Å². The minimum atomic E-state index is 0.268. The molecule has 0 amide bonds. The summed E-state index contributed by atoms with van der Waals surface area (Å²) in [4.78, 5) is 0. The fraction of sp³-hybridized carbons (Fsp3) is 0.467. The van der Waals surface area contributed by atoms with Gasteiger partial charge in [0.25, 0.3) is 0 Å². The van der Waals surface area contributed by atoms with Crippen LogP contribution in [0, 0.1) is 11.8 Å². The number of allylic oxidation sites excluding steroid dienone is 1. The SMILES string of the molecule is COC(=C(C(C)C)C(C)C)c1cccc(O)c1. The van der Waals surface area contributed by atoms with Crippen molar-refractivity contribution in [1.82, 2.24) is 0 Å². The third-order valence-corrected chi connectivity index (χ3v) is 2.82. The minimum absolute atomic E-state index is 0.268. The summed E-state index contributed by atoms with van der Waals surface area (Å²) in [5, 5.41) is 9.54. The lowest BCUT2D eigenvalue weighted by atomic mass is 9.89. The van der Waals surface area contributed by atoms with E-state index in [2.05, 4.69) is 27.7 Å². The summed E-state index contributed by atoms with van der Waals surface area (Å²) < 4.78 is 5.54. The van der Waals surface area contributed by atoms with Crippen molar-refractivity contribution in [2.75, 3.05) is 7.11 Å². The van der Waals surface area contributed by atoms with Crippen LogP contribution in [0.2, 0.25) is 0 Å². The zero-order chi connectivity index (χ0) is 13.0. The van der Waals surface area contributed by atoms with Crippen molar-refractivity contribution in [1.29, 1.82) is 0 Å². The number of hydrogen-bond donors (Lipinski definition) is 1. The molecule has 0 saturated heterocycles. The molecule has 0 atom stereocenters. The average molecular weight is 234 g/mol. The van der Waals surface area contributed by atoms with E-state index in [0.717, 1.165) is 11.3 Å². The van der Waals surface area contributed by atoms with E-state index in [9.17, 15) is 5.11 Å². The van der Waals surface area contributed by atoms with Gasteiger partial charge < -0.3 is 9.84 Å². The van der Waals surface area contributed by atoms with Gasteiger partial charge in [-0.2, -0.15) is 0 Å². The van der Waals surface area contributed by atoms with Gasteiger partial charge in [-0.1, -0.05) is 39.8 Å². The molecule has 0 aliphatic rings. The van der Waals surface area contributed by atoms with E-state index in [-0.39, 0.29) is 5.75 Å². The molecule has 0 aromatic heterocycles. The van der Waals surface area contributed by atoms with E-state index in [1.165, 1.54) is 5.57 Å². The van der Waals surface area contributed by atoms with Crippen molar-refractivity contribution in [3.63, 3.8) is 0 Å². The molecule has 0 aliphatic heterocycles. The molecule has 0 saturated carbocycles. The number of phenols is 1. The van der Waals surface area contributed by atoms with Crippen LogP contribution in [-0.2, 0) is 4.74 Å². The smallest absolute Gasteiger partial charge is 0.125 e. The fourth-order valence-electron chi connectivity index (χ4n) is 2.24. The average Bonchev–Trinajstić information content (AvgIpc) is 2.24. The number of methoxy groups -OCH3 is 1. The molecule has 17 heavy (non-hydrogen) atoms. The third-order valence-electron chi connectivity index (χ3n) is 2.82. The van der Waals surface area contributed by atoms with E-state index in [0.29, 0.717) is 11.8 Å².